The fraction of sp³-hybridized carbons (Fsp3) is 0.417. The summed E-state index contributed by atoms with van der Waals surface area (Å²) in [4.78, 5) is 0. The van der Waals surface area contributed by atoms with Gasteiger partial charge >= 0.3 is 0 Å². The van der Waals surface area contributed by atoms with Crippen LogP contribution >= 0.6 is 0 Å². The molecule has 0 radical (unpaired) electrons. The van der Waals surface area contributed by atoms with Crippen molar-refractivity contribution in [3.05, 3.63) is 41.5 Å². The molecule has 0 saturated carbocycles. The van der Waals surface area contributed by atoms with Crippen LogP contribution in [0.4, 0.5) is 0 Å². The molecule has 0 aliphatic heterocycles. The Hall–Kier alpha value is -1.75. The van der Waals surface area contributed by atoms with Gasteiger partial charge in [0.05, 0.1) is 24.1 Å². The Morgan fingerprint density at radius 2 is 2.18 bits per heavy atom. The Balaban J connectivity index is 2.43. The smallest absolute Gasteiger partial charge is 0.0766 e. The zero-order chi connectivity index (χ0) is 12.3. The molecule has 0 aromatic carbocycles. The highest BCUT2D eigenvalue weighted by atomic mass is 15.3. The monoisotopic (exact) mass is 231 g/mol. The number of rotatable bonds is 4. The fourth-order valence-corrected chi connectivity index (χ4v) is 2.02. The van der Waals surface area contributed by atoms with E-state index < -0.39 is 0 Å². The molecule has 1 N–H and O–H groups in total. The molecule has 1 atom stereocenters. The molecule has 2 aromatic rings. The molecule has 1 unspecified atom stereocenters. The van der Waals surface area contributed by atoms with Crippen LogP contribution in [0.2, 0.25) is 0 Å². The number of hydrogen-bond acceptors (Lipinski definition) is 4. The van der Waals surface area contributed by atoms with Crippen molar-refractivity contribution in [1.29, 1.82) is 0 Å². The van der Waals surface area contributed by atoms with Crippen LogP contribution in [0, 0.1) is 6.92 Å². The Kier molecular flexibility index (Phi) is 3.49. The second-order valence-electron chi connectivity index (χ2n) is 4.00. The van der Waals surface area contributed by atoms with Gasteiger partial charge in [-0.2, -0.15) is 15.3 Å². The van der Waals surface area contributed by atoms with Crippen LogP contribution in [0.3, 0.4) is 0 Å². The largest absolute Gasteiger partial charge is 0.305 e. The molecule has 0 aliphatic carbocycles. The van der Waals surface area contributed by atoms with E-state index in [4.69, 9.17) is 0 Å². The first-order valence-corrected chi connectivity index (χ1v) is 5.72. The highest BCUT2D eigenvalue weighted by Crippen LogP contribution is 2.23. The van der Waals surface area contributed by atoms with Crippen molar-refractivity contribution in [2.24, 2.45) is 7.05 Å². The van der Waals surface area contributed by atoms with Crippen LogP contribution in [0.25, 0.3) is 0 Å². The van der Waals surface area contributed by atoms with E-state index in [0.717, 1.165) is 12.1 Å². The van der Waals surface area contributed by atoms with Crippen molar-refractivity contribution in [1.82, 2.24) is 25.3 Å². The average molecular weight is 231 g/mol. The summed E-state index contributed by atoms with van der Waals surface area (Å²) in [6.45, 7) is 5.05. The summed E-state index contributed by atoms with van der Waals surface area (Å²) in [6.07, 6.45) is 5.39. The zero-order valence-corrected chi connectivity index (χ0v) is 10.4. The van der Waals surface area contributed by atoms with E-state index in [-0.39, 0.29) is 6.04 Å². The van der Waals surface area contributed by atoms with E-state index >= 15 is 0 Å². The number of hydrogen-bond donors (Lipinski definition) is 1. The third kappa shape index (κ3) is 2.34. The van der Waals surface area contributed by atoms with Crippen LogP contribution in [0.1, 0.15) is 29.8 Å². The summed E-state index contributed by atoms with van der Waals surface area (Å²) in [5, 5.41) is 15.5. The van der Waals surface area contributed by atoms with Gasteiger partial charge in [0.25, 0.3) is 0 Å². The Morgan fingerprint density at radius 3 is 2.71 bits per heavy atom. The van der Waals surface area contributed by atoms with Gasteiger partial charge in [-0.25, -0.2) is 0 Å². The van der Waals surface area contributed by atoms with Gasteiger partial charge in [-0.15, -0.1) is 0 Å². The van der Waals surface area contributed by atoms with Gasteiger partial charge in [-0.05, 0) is 30.7 Å². The predicted molar refractivity (Wildman–Crippen MR) is 65.5 cm³/mol. The summed E-state index contributed by atoms with van der Waals surface area (Å²) in [5.41, 5.74) is 3.45. The maximum Gasteiger partial charge on any atom is 0.0766 e. The van der Waals surface area contributed by atoms with Crippen molar-refractivity contribution in [3.63, 3.8) is 0 Å². The van der Waals surface area contributed by atoms with E-state index in [9.17, 15) is 0 Å². The summed E-state index contributed by atoms with van der Waals surface area (Å²) in [5.74, 6) is 0. The molecular formula is C12H17N5. The number of aromatic nitrogens is 4. The minimum atomic E-state index is 0.114. The minimum absolute atomic E-state index is 0.114. The molecule has 2 rings (SSSR count). The van der Waals surface area contributed by atoms with Crippen molar-refractivity contribution >= 4 is 0 Å². The van der Waals surface area contributed by atoms with Gasteiger partial charge in [-0.3, -0.25) is 4.68 Å². The molecule has 0 aliphatic rings. The molecule has 17 heavy (non-hydrogen) atoms. The van der Waals surface area contributed by atoms with Gasteiger partial charge in [0.1, 0.15) is 0 Å². The minimum Gasteiger partial charge on any atom is -0.305 e. The average Bonchev–Trinajstić information content (AvgIpc) is 2.68. The molecule has 0 saturated heterocycles. The second-order valence-corrected chi connectivity index (χ2v) is 4.00. The highest BCUT2D eigenvalue weighted by Gasteiger charge is 2.19. The predicted octanol–water partition coefficient (Wildman–Crippen LogP) is 1.22. The first-order valence-electron chi connectivity index (χ1n) is 5.72. The first-order chi connectivity index (χ1) is 8.24. The maximum atomic E-state index is 4.29. The molecule has 2 aromatic heterocycles. The molecule has 2 heterocycles. The normalized spacial score (nSPS) is 12.6. The van der Waals surface area contributed by atoms with E-state index in [2.05, 4.69) is 34.5 Å². The van der Waals surface area contributed by atoms with Crippen LogP contribution in [-0.4, -0.2) is 26.5 Å². The summed E-state index contributed by atoms with van der Waals surface area (Å²) in [7, 11) is 1.96. The van der Waals surface area contributed by atoms with Crippen LogP contribution < -0.4 is 5.32 Å². The van der Waals surface area contributed by atoms with E-state index in [1.165, 1.54) is 11.3 Å². The lowest BCUT2D eigenvalue weighted by Gasteiger charge is -2.19. The molecule has 0 amide bonds. The van der Waals surface area contributed by atoms with Crippen LogP contribution in [0.15, 0.2) is 24.7 Å². The summed E-state index contributed by atoms with van der Waals surface area (Å²) < 4.78 is 1.91. The van der Waals surface area contributed by atoms with Gasteiger partial charge < -0.3 is 5.32 Å². The standard InChI is InChI=1S/C12H17N5/c1-4-13-11(10-5-6-14-15-8-10)12-9(2)7-16-17(12)3/h5-8,11,13H,4H2,1-3H3. The van der Waals surface area contributed by atoms with E-state index in [0.29, 0.717) is 0 Å². The highest BCUT2D eigenvalue weighted by molar-refractivity contribution is 5.29. The van der Waals surface area contributed by atoms with Crippen molar-refractivity contribution in [3.8, 4) is 0 Å². The SMILES string of the molecule is CCNC(c1ccnnc1)c1c(C)cnn1C. The third-order valence-corrected chi connectivity index (χ3v) is 2.80. The van der Waals surface area contributed by atoms with Gasteiger partial charge in [0.2, 0.25) is 0 Å². The maximum absolute atomic E-state index is 4.29. The second kappa shape index (κ2) is 5.05. The summed E-state index contributed by atoms with van der Waals surface area (Å²) >= 11 is 0. The molecule has 0 bridgehead atoms. The third-order valence-electron chi connectivity index (χ3n) is 2.80. The lowest BCUT2D eigenvalue weighted by molar-refractivity contribution is 0.567. The molecule has 0 fully saturated rings. The molecule has 5 heteroatoms. The van der Waals surface area contributed by atoms with Gasteiger partial charge in [-0.1, -0.05) is 6.92 Å². The van der Waals surface area contributed by atoms with Crippen molar-refractivity contribution in [2.75, 3.05) is 6.54 Å². The molecular weight excluding hydrogens is 214 g/mol. The van der Waals surface area contributed by atoms with Crippen molar-refractivity contribution in [2.45, 2.75) is 19.9 Å². The number of nitrogens with one attached hydrogen (secondary N) is 1. The van der Waals surface area contributed by atoms with Gasteiger partial charge in [0.15, 0.2) is 0 Å². The first kappa shape index (κ1) is 11.7. The van der Waals surface area contributed by atoms with Gasteiger partial charge in [0, 0.05) is 13.2 Å². The number of nitrogens with zero attached hydrogens (tertiary/aromatic N) is 4. The lowest BCUT2D eigenvalue weighted by Crippen LogP contribution is -2.25. The Morgan fingerprint density at radius 1 is 1.35 bits per heavy atom. The van der Waals surface area contributed by atoms with Crippen LogP contribution in [-0.2, 0) is 7.05 Å². The quantitative estimate of drug-likeness (QED) is 0.859. The Labute approximate surface area is 101 Å². The van der Waals surface area contributed by atoms with E-state index in [1.54, 1.807) is 12.4 Å². The van der Waals surface area contributed by atoms with Crippen molar-refractivity contribution < 1.29 is 0 Å². The molecule has 5 nitrogen and oxygen atoms in total. The van der Waals surface area contributed by atoms with E-state index in [1.807, 2.05) is 24.0 Å². The number of aryl methyl sites for hydroxylation is 2. The summed E-state index contributed by atoms with van der Waals surface area (Å²) in [6, 6.07) is 2.09. The fourth-order valence-electron chi connectivity index (χ4n) is 2.02. The lowest BCUT2D eigenvalue weighted by atomic mass is 10.0. The zero-order valence-electron chi connectivity index (χ0n) is 10.4. The topological polar surface area (TPSA) is 55.6 Å². The Bertz CT molecular complexity index is 457. The molecule has 90 valence electrons. The van der Waals surface area contributed by atoms with Crippen LogP contribution in [0.5, 0.6) is 0 Å². The molecule has 0 spiro atoms.